The second kappa shape index (κ2) is 5.48. The summed E-state index contributed by atoms with van der Waals surface area (Å²) in [6.45, 7) is -1.06. The van der Waals surface area contributed by atoms with Crippen LogP contribution in [0.4, 0.5) is 17.6 Å². The normalized spacial score (nSPS) is 26.8. The Morgan fingerprint density at radius 2 is 1.94 bits per heavy atom. The molecule has 0 aromatic carbocycles. The van der Waals surface area contributed by atoms with Crippen molar-refractivity contribution in [2.45, 2.75) is 44.1 Å². The summed E-state index contributed by atoms with van der Waals surface area (Å²) in [5, 5.41) is 11.2. The summed E-state index contributed by atoms with van der Waals surface area (Å²) < 4.78 is 49.1. The highest BCUT2D eigenvalue weighted by Gasteiger charge is 2.41. The molecule has 1 aliphatic carbocycles. The first-order valence-corrected chi connectivity index (χ1v) is 5.26. The smallest absolute Gasteiger partial charge is 0.307 e. The van der Waals surface area contributed by atoms with E-state index in [-0.39, 0.29) is 12.0 Å². The summed E-state index contributed by atoms with van der Waals surface area (Å²) in [5.41, 5.74) is 0. The first-order chi connectivity index (χ1) is 7.47. The van der Waals surface area contributed by atoms with Gasteiger partial charge in [-0.05, 0) is 12.8 Å². The minimum atomic E-state index is -4.02. The Balaban J connectivity index is 2.44. The number of hydrogen-bond donors (Lipinski definition) is 1. The number of rotatable bonds is 4. The van der Waals surface area contributed by atoms with E-state index in [9.17, 15) is 17.6 Å². The highest BCUT2D eigenvalue weighted by atomic mass is 19.3. The predicted molar refractivity (Wildman–Crippen MR) is 50.3 cm³/mol. The third-order valence-electron chi connectivity index (χ3n) is 2.85. The number of halogens is 4. The van der Waals surface area contributed by atoms with E-state index in [0.29, 0.717) is 12.8 Å². The topological polar surface area (TPSA) is 35.8 Å². The Morgan fingerprint density at radius 3 is 2.50 bits per heavy atom. The molecule has 0 aromatic heterocycles. The summed E-state index contributed by atoms with van der Waals surface area (Å²) in [4.78, 5) is 0. The van der Waals surface area contributed by atoms with Gasteiger partial charge in [-0.2, -0.15) is 14.0 Å². The average Bonchev–Trinajstić information content (AvgIpc) is 2.26. The van der Waals surface area contributed by atoms with Gasteiger partial charge in [0, 0.05) is 6.04 Å². The fourth-order valence-electron chi connectivity index (χ4n) is 1.87. The molecular formula is C10H14F4N2. The van der Waals surface area contributed by atoms with Crippen LogP contribution in [0.5, 0.6) is 0 Å². The van der Waals surface area contributed by atoms with E-state index in [1.807, 2.05) is 6.07 Å². The fourth-order valence-corrected chi connectivity index (χ4v) is 1.87. The minimum Gasteiger partial charge on any atom is -0.307 e. The molecule has 0 radical (unpaired) electrons. The van der Waals surface area contributed by atoms with Crippen molar-refractivity contribution in [2.24, 2.45) is 5.92 Å². The third kappa shape index (κ3) is 3.34. The van der Waals surface area contributed by atoms with Crippen LogP contribution in [-0.4, -0.2) is 24.9 Å². The Labute approximate surface area is 91.6 Å². The van der Waals surface area contributed by atoms with Gasteiger partial charge < -0.3 is 5.32 Å². The Kier molecular flexibility index (Phi) is 4.54. The van der Waals surface area contributed by atoms with Crippen molar-refractivity contribution in [1.29, 1.82) is 5.26 Å². The molecule has 0 aliphatic heterocycles. The minimum absolute atomic E-state index is 0.345. The molecule has 0 heterocycles. The second-order valence-electron chi connectivity index (χ2n) is 4.07. The molecule has 0 amide bonds. The zero-order valence-electron chi connectivity index (χ0n) is 8.73. The highest BCUT2D eigenvalue weighted by molar-refractivity contribution is 4.95. The maximum atomic E-state index is 12.6. The molecule has 0 bridgehead atoms. The van der Waals surface area contributed by atoms with Crippen molar-refractivity contribution in [2.75, 3.05) is 6.54 Å². The predicted octanol–water partition coefficient (Wildman–Crippen LogP) is 2.56. The lowest BCUT2D eigenvalue weighted by molar-refractivity contribution is -0.126. The van der Waals surface area contributed by atoms with Crippen LogP contribution in [0.3, 0.4) is 0 Å². The van der Waals surface area contributed by atoms with Crippen LogP contribution in [0.2, 0.25) is 0 Å². The molecule has 1 rings (SSSR count). The standard InChI is InChI=1S/C10H14F4N2/c11-9(12)10(13,14)6-16-8-4-2-1-3-7(8)5-15/h7-9,16H,1-4,6H2. The Bertz CT molecular complexity index is 262. The highest BCUT2D eigenvalue weighted by Crippen LogP contribution is 2.26. The molecule has 0 aromatic rings. The van der Waals surface area contributed by atoms with Gasteiger partial charge >= 0.3 is 12.3 Å². The van der Waals surface area contributed by atoms with Crippen molar-refractivity contribution in [1.82, 2.24) is 5.32 Å². The van der Waals surface area contributed by atoms with E-state index >= 15 is 0 Å². The fraction of sp³-hybridized carbons (Fsp3) is 0.900. The molecule has 2 atom stereocenters. The lowest BCUT2D eigenvalue weighted by Gasteiger charge is -2.29. The van der Waals surface area contributed by atoms with Gasteiger partial charge in [0.05, 0.1) is 18.5 Å². The molecule has 2 unspecified atom stereocenters. The first-order valence-electron chi connectivity index (χ1n) is 5.26. The molecule has 1 N–H and O–H groups in total. The van der Waals surface area contributed by atoms with Crippen molar-refractivity contribution in [3.8, 4) is 6.07 Å². The molecule has 92 valence electrons. The molecule has 1 saturated carbocycles. The lowest BCUT2D eigenvalue weighted by atomic mass is 9.85. The molecule has 1 fully saturated rings. The molecular weight excluding hydrogens is 224 g/mol. The van der Waals surface area contributed by atoms with Crippen molar-refractivity contribution in [3.05, 3.63) is 0 Å². The van der Waals surface area contributed by atoms with E-state index in [4.69, 9.17) is 5.26 Å². The number of nitrogens with one attached hydrogen (secondary N) is 1. The van der Waals surface area contributed by atoms with Crippen molar-refractivity contribution < 1.29 is 17.6 Å². The van der Waals surface area contributed by atoms with Gasteiger partial charge in [-0.15, -0.1) is 0 Å². The van der Waals surface area contributed by atoms with Crippen molar-refractivity contribution >= 4 is 0 Å². The van der Waals surface area contributed by atoms with Crippen LogP contribution in [0.1, 0.15) is 25.7 Å². The van der Waals surface area contributed by atoms with Gasteiger partial charge in [-0.1, -0.05) is 12.8 Å². The molecule has 16 heavy (non-hydrogen) atoms. The Hall–Kier alpha value is -0.830. The molecule has 1 aliphatic rings. The van der Waals surface area contributed by atoms with E-state index in [1.165, 1.54) is 0 Å². The quantitative estimate of drug-likeness (QED) is 0.764. The zero-order chi connectivity index (χ0) is 12.2. The summed E-state index contributed by atoms with van der Waals surface area (Å²) in [6.07, 6.45) is -0.687. The van der Waals surface area contributed by atoms with E-state index in [2.05, 4.69) is 5.32 Å². The zero-order valence-corrected chi connectivity index (χ0v) is 8.73. The van der Waals surface area contributed by atoms with Crippen LogP contribution in [0.15, 0.2) is 0 Å². The number of nitrogens with zero attached hydrogens (tertiary/aromatic N) is 1. The largest absolute Gasteiger partial charge is 0.319 e. The number of nitriles is 1. The Morgan fingerprint density at radius 1 is 1.31 bits per heavy atom. The van der Waals surface area contributed by atoms with Gasteiger partial charge in [0.2, 0.25) is 0 Å². The lowest BCUT2D eigenvalue weighted by Crippen LogP contribution is -2.46. The van der Waals surface area contributed by atoms with Crippen molar-refractivity contribution in [3.63, 3.8) is 0 Å². The number of alkyl halides is 4. The summed E-state index contributed by atoms with van der Waals surface area (Å²) in [7, 11) is 0. The molecule has 2 nitrogen and oxygen atoms in total. The maximum Gasteiger partial charge on any atom is 0.319 e. The first kappa shape index (κ1) is 13.2. The number of hydrogen-bond acceptors (Lipinski definition) is 2. The summed E-state index contributed by atoms with van der Waals surface area (Å²) in [5.74, 6) is -4.36. The summed E-state index contributed by atoms with van der Waals surface area (Å²) in [6, 6.07) is 1.64. The third-order valence-corrected chi connectivity index (χ3v) is 2.85. The van der Waals surface area contributed by atoms with E-state index in [0.717, 1.165) is 12.8 Å². The SMILES string of the molecule is N#CC1CCCCC1NCC(F)(F)C(F)F. The van der Waals surface area contributed by atoms with Crippen LogP contribution in [0.25, 0.3) is 0 Å². The second-order valence-corrected chi connectivity index (χ2v) is 4.07. The molecule has 0 spiro atoms. The monoisotopic (exact) mass is 238 g/mol. The average molecular weight is 238 g/mol. The van der Waals surface area contributed by atoms with E-state index in [1.54, 1.807) is 0 Å². The van der Waals surface area contributed by atoms with Crippen LogP contribution in [0, 0.1) is 17.2 Å². The van der Waals surface area contributed by atoms with Gasteiger partial charge in [-0.3, -0.25) is 0 Å². The van der Waals surface area contributed by atoms with Crippen LogP contribution in [-0.2, 0) is 0 Å². The molecule has 6 heteroatoms. The maximum absolute atomic E-state index is 12.6. The molecule has 0 saturated heterocycles. The van der Waals surface area contributed by atoms with Gasteiger partial charge in [0.1, 0.15) is 0 Å². The van der Waals surface area contributed by atoms with Gasteiger partial charge in [0.15, 0.2) is 0 Å². The van der Waals surface area contributed by atoms with Gasteiger partial charge in [-0.25, -0.2) is 8.78 Å². The summed E-state index contributed by atoms with van der Waals surface area (Å²) >= 11 is 0. The van der Waals surface area contributed by atoms with Gasteiger partial charge in [0.25, 0.3) is 0 Å². The van der Waals surface area contributed by atoms with Crippen LogP contribution < -0.4 is 5.32 Å². The van der Waals surface area contributed by atoms with Crippen LogP contribution >= 0.6 is 0 Å². The van der Waals surface area contributed by atoms with E-state index < -0.39 is 18.9 Å².